The van der Waals surface area contributed by atoms with Crippen LogP contribution in [-0.2, 0) is 42.1 Å². The number of benzene rings is 20. The molecule has 0 radical (unpaired) electrons. The number of phenolic OH excluding ortho intramolecular Hbond substituents is 4. The minimum atomic E-state index is -1.62. The van der Waals surface area contributed by atoms with Crippen LogP contribution in [0.25, 0.3) is 110 Å². The predicted molar refractivity (Wildman–Crippen MR) is 523 cm³/mol. The third kappa shape index (κ3) is 16.1. The molecule has 0 fully saturated rings. The largest absolute Gasteiger partial charge is 0.507 e. The Morgan fingerprint density at radius 3 is 0.459 bits per heavy atom. The van der Waals surface area contributed by atoms with Crippen LogP contribution in [0, 0.1) is 0 Å². The fourth-order valence-electron chi connectivity index (χ4n) is 17.9. The summed E-state index contributed by atoms with van der Waals surface area (Å²) in [6.45, 7) is 0. The second-order valence-electron chi connectivity index (χ2n) is 30.1. The van der Waals surface area contributed by atoms with Crippen molar-refractivity contribution in [1.29, 1.82) is 0 Å². The first-order valence-corrected chi connectivity index (χ1v) is 46.6. The average molecular weight is 2010 g/mol. The summed E-state index contributed by atoms with van der Waals surface area (Å²) in [5, 5.41) is 66.2. The van der Waals surface area contributed by atoms with E-state index in [4.69, 9.17) is 0 Å². The van der Waals surface area contributed by atoms with Gasteiger partial charge in [0.05, 0.1) is 31.7 Å². The van der Waals surface area contributed by atoms with Crippen molar-refractivity contribution in [3.05, 3.63) is 461 Å². The van der Waals surface area contributed by atoms with Crippen molar-refractivity contribution in [1.82, 2.24) is 0 Å². The zero-order chi connectivity index (χ0) is 80.8. The quantitative estimate of drug-likeness (QED) is 0.0818. The van der Waals surface area contributed by atoms with E-state index in [1.165, 1.54) is 108 Å². The Morgan fingerprint density at radius 1 is 0.131 bits per heavy atom. The molecular formula is C112H84O4P4Pt2+4. The first-order valence-electron chi connectivity index (χ1n) is 40.6. The summed E-state index contributed by atoms with van der Waals surface area (Å²) >= 11 is 0. The van der Waals surface area contributed by atoms with Crippen LogP contribution >= 0.6 is 31.7 Å². The summed E-state index contributed by atoms with van der Waals surface area (Å²) in [6.07, 6.45) is 0. The average Bonchev–Trinajstić information content (AvgIpc) is 0.693. The maximum atomic E-state index is 10.4. The maximum absolute atomic E-state index is 10.4. The molecule has 21 rings (SSSR count). The molecule has 0 spiro atoms. The molecule has 0 bridgehead atoms. The van der Waals surface area contributed by atoms with Crippen molar-refractivity contribution in [2.24, 2.45) is 0 Å². The fraction of sp³-hybridized carbons (Fsp3) is 0. The summed E-state index contributed by atoms with van der Waals surface area (Å²) in [7, 11) is -6.46. The molecule has 0 amide bonds. The van der Waals surface area contributed by atoms with Crippen molar-refractivity contribution in [3.8, 4) is 89.8 Å². The van der Waals surface area contributed by atoms with Gasteiger partial charge in [0.1, 0.15) is 86.7 Å². The van der Waals surface area contributed by atoms with E-state index < -0.39 is 31.7 Å². The SMILES string of the molecule is Oc1ccc2ccccc2c1-c1c(O)ccc2ccccc12.Oc1ccc2ccccc2c1-c1c(O)ccc2ccccc12.[Pt].[Pt].c1ccc([PH+](c2ccccc2)c2cccc3c2-c2c(cccc2[PH+](c2ccccc2)c2ccccc2)-c2cccc([PH+](c4ccccc4)c4ccccc4)c2-c2c-3cccc2[PH+](c2ccccc2)c2ccccc2)cc1. The molecular weight excluding hydrogens is 1920 g/mol. The molecule has 4 nitrogen and oxygen atoms in total. The number of aromatic hydroxyl groups is 4. The van der Waals surface area contributed by atoms with E-state index in [1.807, 2.05) is 121 Å². The van der Waals surface area contributed by atoms with E-state index in [2.05, 4.69) is 315 Å². The summed E-state index contributed by atoms with van der Waals surface area (Å²) in [5.41, 5.74) is 13.2. The molecule has 0 atom stereocenters. The van der Waals surface area contributed by atoms with Gasteiger partial charge >= 0.3 is 0 Å². The van der Waals surface area contributed by atoms with Crippen molar-refractivity contribution in [2.45, 2.75) is 0 Å². The van der Waals surface area contributed by atoms with Crippen molar-refractivity contribution in [2.75, 3.05) is 0 Å². The van der Waals surface area contributed by atoms with Crippen molar-refractivity contribution in [3.63, 3.8) is 0 Å². The molecule has 10 heteroatoms. The Labute approximate surface area is 745 Å². The van der Waals surface area contributed by atoms with Crippen LogP contribution in [0.1, 0.15) is 0 Å². The van der Waals surface area contributed by atoms with Crippen molar-refractivity contribution >= 4 is 138 Å². The van der Waals surface area contributed by atoms with E-state index in [-0.39, 0.29) is 65.1 Å². The van der Waals surface area contributed by atoms with Gasteiger partial charge in [0, 0.05) is 86.6 Å². The molecule has 0 saturated heterocycles. The topological polar surface area (TPSA) is 80.9 Å². The van der Waals surface area contributed by atoms with E-state index in [0.717, 1.165) is 43.1 Å². The molecule has 0 aromatic heterocycles. The van der Waals surface area contributed by atoms with Gasteiger partial charge in [-0.3, -0.25) is 0 Å². The van der Waals surface area contributed by atoms with Gasteiger partial charge in [-0.05, 0) is 211 Å². The Hall–Kier alpha value is -12.3. The molecule has 0 unspecified atom stereocenters. The molecule has 1 aliphatic rings. The zero-order valence-corrected chi connectivity index (χ0v) is 74.8. The van der Waals surface area contributed by atoms with Crippen LogP contribution in [-0.4, -0.2) is 20.4 Å². The first-order chi connectivity index (χ1) is 59.3. The molecule has 122 heavy (non-hydrogen) atoms. The van der Waals surface area contributed by atoms with Crippen molar-refractivity contribution < 1.29 is 62.6 Å². The maximum Gasteiger partial charge on any atom is 0.124 e. The van der Waals surface area contributed by atoms with Gasteiger partial charge in [0.2, 0.25) is 0 Å². The molecule has 0 heterocycles. The van der Waals surface area contributed by atoms with Crippen LogP contribution in [0.4, 0.5) is 0 Å². The van der Waals surface area contributed by atoms with E-state index in [1.54, 1.807) is 24.3 Å². The smallest absolute Gasteiger partial charge is 0.124 e. The third-order valence-electron chi connectivity index (χ3n) is 23.0. The molecule has 1 aliphatic carbocycles. The van der Waals surface area contributed by atoms with Gasteiger partial charge in [-0.2, -0.15) is 0 Å². The zero-order valence-electron chi connectivity index (χ0n) is 66.3. The van der Waals surface area contributed by atoms with Gasteiger partial charge in [-0.1, -0.05) is 315 Å². The van der Waals surface area contributed by atoms with Gasteiger partial charge in [-0.15, -0.1) is 0 Å². The Bertz CT molecular complexity index is 6090. The number of phenols is 4. The summed E-state index contributed by atoms with van der Waals surface area (Å²) in [4.78, 5) is 0. The van der Waals surface area contributed by atoms with Crippen LogP contribution in [0.15, 0.2) is 461 Å². The number of hydrogen-bond donors (Lipinski definition) is 4. The summed E-state index contributed by atoms with van der Waals surface area (Å²) < 4.78 is 0. The molecule has 592 valence electrons. The second-order valence-corrected chi connectivity index (χ2v) is 39.8. The van der Waals surface area contributed by atoms with E-state index >= 15 is 0 Å². The Morgan fingerprint density at radius 2 is 0.287 bits per heavy atom. The van der Waals surface area contributed by atoms with Crippen LogP contribution < -0.4 is 63.7 Å². The van der Waals surface area contributed by atoms with Crippen LogP contribution in [0.2, 0.25) is 0 Å². The Balaban J connectivity index is 0.000000185. The minimum Gasteiger partial charge on any atom is -0.507 e. The van der Waals surface area contributed by atoms with E-state index in [0.29, 0.717) is 22.3 Å². The molecule has 0 aliphatic heterocycles. The molecule has 0 saturated carbocycles. The minimum absolute atomic E-state index is 0. The Kier molecular flexibility index (Phi) is 25.1. The van der Waals surface area contributed by atoms with Crippen LogP contribution in [0.3, 0.4) is 0 Å². The molecule has 20 aromatic rings. The molecule has 20 aromatic carbocycles. The standard InChI is InChI=1S/C72H52P4.2C20H14O2.2Pt/c1-9-29-53(30-10-1)73(54-31-11-2-12-32-54)65-49-25-45-61-62-46-26-51-67(75(57-37-17-5-18-38-57)58-39-19-6-20-40-58)71(62)72-64(48-28-52-68(72)76(59-41-21-7-22-42-59)60-43-23-8-24-44-60)63-47-27-50-66(70(63)69(61)65)74(55-33-13-3-14-34-55)56-35-15-4-16-36-56;2*21-17-11-9-13-5-1-3-7-15(13)19(17)20-16-8-4-2-6-14(16)10-12-18(20)22;;/h1-52H;2*1-12,21-22H;;/p+4. The fourth-order valence-corrected chi connectivity index (χ4v) is 29.0. The molecule has 4 N–H and O–H groups in total. The summed E-state index contributed by atoms with van der Waals surface area (Å²) in [6, 6.07) is 166. The van der Waals surface area contributed by atoms with E-state index in [9.17, 15) is 20.4 Å². The number of rotatable bonds is 14. The predicted octanol–water partition coefficient (Wildman–Crippen LogP) is 22.8. The normalized spacial score (nSPS) is 11.2. The van der Waals surface area contributed by atoms with Gasteiger partial charge < -0.3 is 20.4 Å². The number of fused-ring (bicyclic) bond motifs is 12. The monoisotopic (exact) mass is 2010 g/mol. The van der Waals surface area contributed by atoms with Gasteiger partial charge in [0.15, 0.2) is 0 Å². The second kappa shape index (κ2) is 37.4. The van der Waals surface area contributed by atoms with Crippen LogP contribution in [0.5, 0.6) is 23.0 Å². The summed E-state index contributed by atoms with van der Waals surface area (Å²) in [5.74, 6) is 0.686. The van der Waals surface area contributed by atoms with Gasteiger partial charge in [0.25, 0.3) is 0 Å². The number of hydrogen-bond acceptors (Lipinski definition) is 4. The third-order valence-corrected chi connectivity index (χ3v) is 34.2. The first kappa shape index (κ1) is 82.1. The van der Waals surface area contributed by atoms with Gasteiger partial charge in [-0.25, -0.2) is 0 Å².